The van der Waals surface area contributed by atoms with Gasteiger partial charge in [0.05, 0.1) is 33.8 Å². The molecule has 2 aliphatic heterocycles. The Morgan fingerprint density at radius 3 is 2.82 bits per heavy atom. The second-order valence-corrected chi connectivity index (χ2v) is 7.21. The maximum Gasteiger partial charge on any atom is 0.259 e. The van der Waals surface area contributed by atoms with Gasteiger partial charge in [0.15, 0.2) is 5.66 Å². The van der Waals surface area contributed by atoms with Crippen molar-refractivity contribution >= 4 is 23.4 Å². The minimum absolute atomic E-state index is 0.159. The number of amides is 2. The van der Waals surface area contributed by atoms with E-state index in [2.05, 4.69) is 9.97 Å². The highest BCUT2D eigenvalue weighted by Crippen LogP contribution is 2.44. The van der Waals surface area contributed by atoms with Crippen LogP contribution < -0.4 is 0 Å². The molecule has 1 saturated heterocycles. The number of furan rings is 1. The van der Waals surface area contributed by atoms with Gasteiger partial charge >= 0.3 is 0 Å². The summed E-state index contributed by atoms with van der Waals surface area (Å²) < 4.78 is 5.09. The van der Waals surface area contributed by atoms with Crippen molar-refractivity contribution in [2.75, 3.05) is 13.1 Å². The SMILES string of the molecule is O=C(c1ccoc1)N1CCN2C(=O)c3cccnc3C[C@]12c1ccc(Cl)cn1. The van der Waals surface area contributed by atoms with Crippen molar-refractivity contribution in [3.8, 4) is 0 Å². The molecule has 5 rings (SSSR count). The fourth-order valence-corrected chi connectivity index (χ4v) is 4.23. The van der Waals surface area contributed by atoms with Gasteiger partial charge in [-0.3, -0.25) is 19.6 Å². The van der Waals surface area contributed by atoms with Crippen LogP contribution >= 0.6 is 11.6 Å². The number of halogens is 1. The zero-order valence-electron chi connectivity index (χ0n) is 14.7. The van der Waals surface area contributed by atoms with Crippen molar-refractivity contribution < 1.29 is 14.0 Å². The summed E-state index contributed by atoms with van der Waals surface area (Å²) in [6.07, 6.45) is 6.40. The Hall–Kier alpha value is -3.19. The molecule has 28 heavy (non-hydrogen) atoms. The van der Waals surface area contributed by atoms with Gasteiger partial charge in [0, 0.05) is 31.9 Å². The number of nitrogens with zero attached hydrogens (tertiary/aromatic N) is 4. The Bertz CT molecular complexity index is 1070. The first-order valence-electron chi connectivity index (χ1n) is 8.83. The number of carbonyl (C=O) groups excluding carboxylic acids is 2. The van der Waals surface area contributed by atoms with Gasteiger partial charge in [0.2, 0.25) is 0 Å². The minimum atomic E-state index is -1.06. The largest absolute Gasteiger partial charge is 0.472 e. The van der Waals surface area contributed by atoms with Crippen LogP contribution in [0.15, 0.2) is 59.7 Å². The number of fused-ring (bicyclic) bond motifs is 2. The summed E-state index contributed by atoms with van der Waals surface area (Å²) in [7, 11) is 0. The van der Waals surface area contributed by atoms with Gasteiger partial charge in [0.25, 0.3) is 11.8 Å². The molecule has 0 N–H and O–H groups in total. The topological polar surface area (TPSA) is 79.5 Å². The van der Waals surface area contributed by atoms with Crippen LogP contribution in [-0.4, -0.2) is 44.7 Å². The zero-order valence-corrected chi connectivity index (χ0v) is 15.5. The van der Waals surface area contributed by atoms with Gasteiger partial charge in [0.1, 0.15) is 6.26 Å². The van der Waals surface area contributed by atoms with Crippen LogP contribution in [0.25, 0.3) is 0 Å². The van der Waals surface area contributed by atoms with Crippen LogP contribution in [0.3, 0.4) is 0 Å². The Balaban J connectivity index is 1.71. The molecule has 2 aliphatic rings. The third-order valence-corrected chi connectivity index (χ3v) is 5.59. The standard InChI is InChI=1S/C20H15ClN4O3/c21-14-3-4-17(23-11-14)20-10-16-15(2-1-6-22-16)19(27)25(20)8-7-24(20)18(26)13-5-9-28-12-13/h1-6,9,11-12H,7-8,10H2/t20-/m0/s1. The normalized spacial score (nSPS) is 20.8. The predicted molar refractivity (Wildman–Crippen MR) is 99.6 cm³/mol. The van der Waals surface area contributed by atoms with Crippen molar-refractivity contribution in [2.24, 2.45) is 0 Å². The van der Waals surface area contributed by atoms with Crippen LogP contribution in [0.4, 0.5) is 0 Å². The Morgan fingerprint density at radius 2 is 2.07 bits per heavy atom. The van der Waals surface area contributed by atoms with Crippen molar-refractivity contribution in [2.45, 2.75) is 12.1 Å². The smallest absolute Gasteiger partial charge is 0.259 e. The number of hydrogen-bond acceptors (Lipinski definition) is 5. The summed E-state index contributed by atoms with van der Waals surface area (Å²) in [5, 5.41) is 0.484. The Morgan fingerprint density at radius 1 is 1.18 bits per heavy atom. The van der Waals surface area contributed by atoms with Crippen LogP contribution in [0.1, 0.15) is 32.1 Å². The first-order valence-corrected chi connectivity index (χ1v) is 9.21. The lowest BCUT2D eigenvalue weighted by atomic mass is 9.88. The lowest BCUT2D eigenvalue weighted by molar-refractivity contribution is 0.00487. The van der Waals surface area contributed by atoms with Gasteiger partial charge in [-0.05, 0) is 30.3 Å². The second-order valence-electron chi connectivity index (χ2n) is 6.78. The Labute approximate surface area is 165 Å². The van der Waals surface area contributed by atoms with Crippen molar-refractivity contribution in [3.63, 3.8) is 0 Å². The van der Waals surface area contributed by atoms with E-state index in [4.69, 9.17) is 16.0 Å². The molecular formula is C20H15ClN4O3. The second kappa shape index (κ2) is 6.17. The molecule has 0 aromatic carbocycles. The molecule has 5 heterocycles. The summed E-state index contributed by atoms with van der Waals surface area (Å²) >= 11 is 6.03. The van der Waals surface area contributed by atoms with E-state index in [1.54, 1.807) is 46.3 Å². The van der Waals surface area contributed by atoms with Crippen LogP contribution in [0.5, 0.6) is 0 Å². The van der Waals surface area contributed by atoms with Gasteiger partial charge in [-0.2, -0.15) is 0 Å². The van der Waals surface area contributed by atoms with E-state index < -0.39 is 5.66 Å². The molecular weight excluding hydrogens is 380 g/mol. The first kappa shape index (κ1) is 16.9. The Kier molecular flexibility index (Phi) is 3.73. The van der Waals surface area contributed by atoms with E-state index in [1.165, 1.54) is 18.7 Å². The van der Waals surface area contributed by atoms with Crippen LogP contribution in [-0.2, 0) is 12.1 Å². The highest BCUT2D eigenvalue weighted by Gasteiger charge is 2.57. The summed E-state index contributed by atoms with van der Waals surface area (Å²) in [6.45, 7) is 0.787. The molecule has 0 aliphatic carbocycles. The molecule has 3 aromatic rings. The third kappa shape index (κ3) is 2.29. The molecule has 0 unspecified atom stereocenters. The van der Waals surface area contributed by atoms with E-state index in [1.807, 2.05) is 0 Å². The number of aromatic nitrogens is 2. The molecule has 1 atom stereocenters. The molecule has 0 bridgehead atoms. The number of rotatable bonds is 2. The third-order valence-electron chi connectivity index (χ3n) is 5.37. The quantitative estimate of drug-likeness (QED) is 0.667. The maximum absolute atomic E-state index is 13.3. The molecule has 8 heteroatoms. The van der Waals surface area contributed by atoms with Gasteiger partial charge < -0.3 is 14.2 Å². The molecule has 0 spiro atoms. The van der Waals surface area contributed by atoms with E-state index in [0.717, 1.165) is 0 Å². The van der Waals surface area contributed by atoms with E-state index in [9.17, 15) is 9.59 Å². The molecule has 3 aromatic heterocycles. The summed E-state index contributed by atoms with van der Waals surface area (Å²) in [5.74, 6) is -0.381. The summed E-state index contributed by atoms with van der Waals surface area (Å²) in [6, 6.07) is 8.61. The number of pyridine rings is 2. The lowest BCUT2D eigenvalue weighted by Crippen LogP contribution is -2.59. The molecule has 7 nitrogen and oxygen atoms in total. The van der Waals surface area contributed by atoms with Gasteiger partial charge in [-0.25, -0.2) is 0 Å². The van der Waals surface area contributed by atoms with Crippen molar-refractivity contribution in [1.29, 1.82) is 0 Å². The highest BCUT2D eigenvalue weighted by molar-refractivity contribution is 6.30. The average Bonchev–Trinajstić information content (AvgIpc) is 3.37. The van der Waals surface area contributed by atoms with Gasteiger partial charge in [-0.15, -0.1) is 0 Å². The molecule has 0 saturated carbocycles. The maximum atomic E-state index is 13.3. The van der Waals surface area contributed by atoms with Crippen molar-refractivity contribution in [1.82, 2.24) is 19.8 Å². The molecule has 0 radical (unpaired) electrons. The van der Waals surface area contributed by atoms with Crippen LogP contribution in [0, 0.1) is 0 Å². The zero-order chi connectivity index (χ0) is 19.3. The minimum Gasteiger partial charge on any atom is -0.472 e. The van der Waals surface area contributed by atoms with E-state index in [0.29, 0.717) is 47.0 Å². The summed E-state index contributed by atoms with van der Waals surface area (Å²) in [5.41, 5.74) is 1.15. The molecule has 1 fully saturated rings. The van der Waals surface area contributed by atoms with Crippen molar-refractivity contribution in [3.05, 3.63) is 82.8 Å². The summed E-state index contributed by atoms with van der Waals surface area (Å²) in [4.78, 5) is 38.9. The fourth-order valence-electron chi connectivity index (χ4n) is 4.12. The van der Waals surface area contributed by atoms with Crippen LogP contribution in [0.2, 0.25) is 5.02 Å². The van der Waals surface area contributed by atoms with E-state index in [-0.39, 0.29) is 11.8 Å². The number of carbonyl (C=O) groups is 2. The predicted octanol–water partition coefficient (Wildman–Crippen LogP) is 2.73. The first-order chi connectivity index (χ1) is 13.6. The molecule has 2 amide bonds. The lowest BCUT2D eigenvalue weighted by Gasteiger charge is -2.45. The average molecular weight is 395 g/mol. The monoisotopic (exact) mass is 394 g/mol. The van der Waals surface area contributed by atoms with Gasteiger partial charge in [-0.1, -0.05) is 11.6 Å². The molecule has 140 valence electrons. The highest BCUT2D eigenvalue weighted by atomic mass is 35.5. The number of hydrogen-bond donors (Lipinski definition) is 0. The van der Waals surface area contributed by atoms with E-state index >= 15 is 0 Å². The fraction of sp³-hybridized carbons (Fsp3) is 0.200.